The summed E-state index contributed by atoms with van der Waals surface area (Å²) in [7, 11) is 0. The Morgan fingerprint density at radius 2 is 1.88 bits per heavy atom. The van der Waals surface area contributed by atoms with Crippen LogP contribution in [0.3, 0.4) is 0 Å². The fourth-order valence-electron chi connectivity index (χ4n) is 1.92. The molecule has 3 rings (SSSR count). The van der Waals surface area contributed by atoms with Gasteiger partial charge in [0.1, 0.15) is 5.76 Å². The molecule has 4 nitrogen and oxygen atoms in total. The highest BCUT2D eigenvalue weighted by Gasteiger charge is 2.10. The molecule has 0 saturated heterocycles. The van der Waals surface area contributed by atoms with Crippen LogP contribution in [0.2, 0.25) is 5.02 Å². The summed E-state index contributed by atoms with van der Waals surface area (Å²) in [6, 6.07) is 18.2. The molecule has 7 heteroatoms. The minimum Gasteiger partial charge on any atom is -0.447 e. The standard InChI is InChI=1S/C18H12BrClN2O2S/c19-16-10-14(24-18(16)25-15-4-2-1-3-5-15)11-21-22-17(23)12-6-8-13(20)9-7-12/h1-11H,(H,22,23)/b21-11-. The minimum atomic E-state index is -0.322. The molecule has 1 heterocycles. The van der Waals surface area contributed by atoms with Gasteiger partial charge in [-0.25, -0.2) is 5.43 Å². The Kier molecular flexibility index (Phi) is 5.96. The summed E-state index contributed by atoms with van der Waals surface area (Å²) >= 11 is 10.8. The molecule has 2 aromatic carbocycles. The first-order chi connectivity index (χ1) is 12.1. The summed E-state index contributed by atoms with van der Waals surface area (Å²) in [6.07, 6.45) is 1.45. The van der Waals surface area contributed by atoms with Gasteiger partial charge < -0.3 is 4.42 Å². The number of furan rings is 1. The fraction of sp³-hybridized carbons (Fsp3) is 0. The van der Waals surface area contributed by atoms with E-state index in [0.29, 0.717) is 16.3 Å². The van der Waals surface area contributed by atoms with E-state index in [1.165, 1.54) is 18.0 Å². The molecule has 0 aliphatic rings. The normalized spacial score (nSPS) is 11.0. The molecule has 0 bridgehead atoms. The molecule has 0 radical (unpaired) electrons. The van der Waals surface area contributed by atoms with Gasteiger partial charge >= 0.3 is 0 Å². The van der Waals surface area contributed by atoms with Gasteiger partial charge in [-0.3, -0.25) is 4.79 Å². The molecule has 0 spiro atoms. The van der Waals surface area contributed by atoms with Gasteiger partial charge in [0.25, 0.3) is 5.91 Å². The van der Waals surface area contributed by atoms with Gasteiger partial charge in [0, 0.05) is 21.5 Å². The predicted molar refractivity (Wildman–Crippen MR) is 103 cm³/mol. The van der Waals surface area contributed by atoms with Crippen molar-refractivity contribution in [3.05, 3.63) is 81.5 Å². The van der Waals surface area contributed by atoms with Crippen LogP contribution in [-0.4, -0.2) is 12.1 Å². The predicted octanol–water partition coefficient (Wildman–Crippen LogP) is 5.61. The number of carbonyl (C=O) groups excluding carboxylic acids is 1. The monoisotopic (exact) mass is 434 g/mol. The van der Waals surface area contributed by atoms with Crippen LogP contribution in [-0.2, 0) is 0 Å². The van der Waals surface area contributed by atoms with Gasteiger partial charge in [0.15, 0.2) is 5.09 Å². The van der Waals surface area contributed by atoms with E-state index in [9.17, 15) is 4.79 Å². The highest BCUT2D eigenvalue weighted by Crippen LogP contribution is 2.35. The lowest BCUT2D eigenvalue weighted by atomic mass is 10.2. The first kappa shape index (κ1) is 17.8. The van der Waals surface area contributed by atoms with Gasteiger partial charge in [0.05, 0.1) is 10.7 Å². The third-order valence-electron chi connectivity index (χ3n) is 3.09. The molecule has 25 heavy (non-hydrogen) atoms. The van der Waals surface area contributed by atoms with E-state index in [4.69, 9.17) is 16.0 Å². The first-order valence-electron chi connectivity index (χ1n) is 7.23. The molecule has 1 N–H and O–H groups in total. The summed E-state index contributed by atoms with van der Waals surface area (Å²) in [5.74, 6) is 0.208. The largest absolute Gasteiger partial charge is 0.447 e. The van der Waals surface area contributed by atoms with Crippen LogP contribution in [0.25, 0.3) is 0 Å². The molecule has 0 unspecified atom stereocenters. The lowest BCUT2D eigenvalue weighted by Gasteiger charge is -1.99. The van der Waals surface area contributed by atoms with Crippen molar-refractivity contribution in [1.29, 1.82) is 0 Å². The summed E-state index contributed by atoms with van der Waals surface area (Å²) < 4.78 is 6.55. The van der Waals surface area contributed by atoms with E-state index in [2.05, 4.69) is 26.5 Å². The molecule has 0 aliphatic carbocycles. The zero-order chi connectivity index (χ0) is 17.6. The summed E-state index contributed by atoms with van der Waals surface area (Å²) in [4.78, 5) is 13.0. The zero-order valence-corrected chi connectivity index (χ0v) is 15.9. The second-order valence-electron chi connectivity index (χ2n) is 4.91. The van der Waals surface area contributed by atoms with Crippen LogP contribution in [0.4, 0.5) is 0 Å². The Labute approximate surface area is 162 Å². The number of hydrazone groups is 1. The lowest BCUT2D eigenvalue weighted by molar-refractivity contribution is 0.0955. The molecule has 0 aliphatic heterocycles. The van der Waals surface area contributed by atoms with E-state index in [1.54, 1.807) is 30.3 Å². The van der Waals surface area contributed by atoms with Crippen LogP contribution in [0.5, 0.6) is 0 Å². The van der Waals surface area contributed by atoms with Crippen molar-refractivity contribution in [2.24, 2.45) is 5.10 Å². The number of halogens is 2. The molecular weight excluding hydrogens is 424 g/mol. The topological polar surface area (TPSA) is 54.6 Å². The average molecular weight is 436 g/mol. The maximum atomic E-state index is 11.9. The van der Waals surface area contributed by atoms with Crippen LogP contribution in [0.1, 0.15) is 16.1 Å². The number of hydrogen-bond acceptors (Lipinski definition) is 4. The van der Waals surface area contributed by atoms with Gasteiger partial charge in [-0.1, -0.05) is 41.6 Å². The van der Waals surface area contributed by atoms with Gasteiger partial charge in [-0.05, 0) is 52.3 Å². The molecule has 126 valence electrons. The Balaban J connectivity index is 1.63. The maximum absolute atomic E-state index is 11.9. The third-order valence-corrected chi connectivity index (χ3v) is 5.19. The highest BCUT2D eigenvalue weighted by molar-refractivity contribution is 9.10. The fourth-order valence-corrected chi connectivity index (χ4v) is 3.40. The summed E-state index contributed by atoms with van der Waals surface area (Å²) in [5.41, 5.74) is 2.93. The second-order valence-corrected chi connectivity index (χ2v) is 7.24. The van der Waals surface area contributed by atoms with Crippen LogP contribution < -0.4 is 5.43 Å². The quantitative estimate of drug-likeness (QED) is 0.418. The number of amides is 1. The number of nitrogens with one attached hydrogen (secondary N) is 1. The number of nitrogens with zero attached hydrogens (tertiary/aromatic N) is 1. The smallest absolute Gasteiger partial charge is 0.271 e. The van der Waals surface area contributed by atoms with Crippen LogP contribution in [0.15, 0.2) is 84.6 Å². The Morgan fingerprint density at radius 3 is 2.60 bits per heavy atom. The Hall–Kier alpha value is -2.02. The van der Waals surface area contributed by atoms with Crippen LogP contribution >= 0.6 is 39.3 Å². The molecule has 1 amide bonds. The van der Waals surface area contributed by atoms with Crippen molar-refractivity contribution in [3.8, 4) is 0 Å². The van der Waals surface area contributed by atoms with Crippen molar-refractivity contribution in [1.82, 2.24) is 5.43 Å². The van der Waals surface area contributed by atoms with E-state index < -0.39 is 0 Å². The average Bonchev–Trinajstić information content (AvgIpc) is 2.96. The van der Waals surface area contributed by atoms with Gasteiger partial charge in [-0.2, -0.15) is 5.10 Å². The highest BCUT2D eigenvalue weighted by atomic mass is 79.9. The zero-order valence-electron chi connectivity index (χ0n) is 12.8. The lowest BCUT2D eigenvalue weighted by Crippen LogP contribution is -2.17. The molecule has 1 aromatic heterocycles. The van der Waals surface area contributed by atoms with Gasteiger partial charge in [0.2, 0.25) is 0 Å². The second kappa shape index (κ2) is 8.38. The Morgan fingerprint density at radius 1 is 1.16 bits per heavy atom. The van der Waals surface area contributed by atoms with Crippen molar-refractivity contribution in [2.45, 2.75) is 9.99 Å². The van der Waals surface area contributed by atoms with Crippen molar-refractivity contribution in [2.75, 3.05) is 0 Å². The van der Waals surface area contributed by atoms with Crippen molar-refractivity contribution in [3.63, 3.8) is 0 Å². The molecular formula is C18H12BrClN2O2S. The van der Waals surface area contributed by atoms with Gasteiger partial charge in [-0.15, -0.1) is 0 Å². The van der Waals surface area contributed by atoms with E-state index in [0.717, 1.165) is 14.5 Å². The molecule has 0 atom stereocenters. The number of benzene rings is 2. The Bertz CT molecular complexity index is 895. The van der Waals surface area contributed by atoms with Crippen molar-refractivity contribution >= 4 is 51.4 Å². The first-order valence-corrected chi connectivity index (χ1v) is 9.22. The maximum Gasteiger partial charge on any atom is 0.271 e. The number of carbonyl (C=O) groups is 1. The summed E-state index contributed by atoms with van der Waals surface area (Å²) in [5, 5.41) is 5.21. The van der Waals surface area contributed by atoms with E-state index in [1.807, 2.05) is 30.3 Å². The van der Waals surface area contributed by atoms with E-state index >= 15 is 0 Å². The molecule has 3 aromatic rings. The molecule has 0 fully saturated rings. The van der Waals surface area contributed by atoms with E-state index in [-0.39, 0.29) is 5.91 Å². The van der Waals surface area contributed by atoms with Crippen LogP contribution in [0, 0.1) is 0 Å². The minimum absolute atomic E-state index is 0.322. The summed E-state index contributed by atoms with van der Waals surface area (Å²) in [6.45, 7) is 0. The number of rotatable bonds is 5. The SMILES string of the molecule is O=C(N/N=C\c1cc(Br)c(Sc2ccccc2)o1)c1ccc(Cl)cc1. The van der Waals surface area contributed by atoms with Crippen molar-refractivity contribution < 1.29 is 9.21 Å². The molecule has 0 saturated carbocycles. The third kappa shape index (κ3) is 4.98. The number of hydrogen-bond donors (Lipinski definition) is 1.